The van der Waals surface area contributed by atoms with Crippen LogP contribution in [0.5, 0.6) is 0 Å². The van der Waals surface area contributed by atoms with Gasteiger partial charge in [-0.2, -0.15) is 0 Å². The Balaban J connectivity index is 2.83. The van der Waals surface area contributed by atoms with Gasteiger partial charge in [0.15, 0.2) is 0 Å². The van der Waals surface area contributed by atoms with Crippen LogP contribution in [0.25, 0.3) is 0 Å². The van der Waals surface area contributed by atoms with E-state index < -0.39 is 5.60 Å². The van der Waals surface area contributed by atoms with Crippen molar-refractivity contribution in [2.45, 2.75) is 25.9 Å². The van der Waals surface area contributed by atoms with E-state index in [0.29, 0.717) is 0 Å². The molecule has 0 aromatic heterocycles. The number of rotatable bonds is 2. The fraction of sp³-hybridized carbons (Fsp3) is 0.455. The number of allylic oxidation sites excluding steroid dienone is 3. The Kier molecular flexibility index (Phi) is 2.53. The van der Waals surface area contributed by atoms with Gasteiger partial charge in [-0.3, -0.25) is 0 Å². The first kappa shape index (κ1) is 9.27. The SMILES string of the molecule is C=CCC1=CC=CC(C)(O)C1C. The van der Waals surface area contributed by atoms with Crippen molar-refractivity contribution in [3.05, 3.63) is 36.5 Å². The van der Waals surface area contributed by atoms with Crippen LogP contribution in [-0.2, 0) is 0 Å². The van der Waals surface area contributed by atoms with E-state index in [-0.39, 0.29) is 5.92 Å². The van der Waals surface area contributed by atoms with Crippen molar-refractivity contribution < 1.29 is 5.11 Å². The molecule has 1 heteroatoms. The first-order valence-corrected chi connectivity index (χ1v) is 4.29. The molecule has 0 heterocycles. The van der Waals surface area contributed by atoms with Crippen molar-refractivity contribution in [1.82, 2.24) is 0 Å². The van der Waals surface area contributed by atoms with E-state index in [1.165, 1.54) is 5.57 Å². The van der Waals surface area contributed by atoms with Gasteiger partial charge in [0, 0.05) is 5.92 Å². The third kappa shape index (κ3) is 1.67. The highest BCUT2D eigenvalue weighted by atomic mass is 16.3. The summed E-state index contributed by atoms with van der Waals surface area (Å²) in [5, 5.41) is 9.88. The first-order valence-electron chi connectivity index (χ1n) is 4.29. The molecular weight excluding hydrogens is 148 g/mol. The Morgan fingerprint density at radius 1 is 1.75 bits per heavy atom. The monoisotopic (exact) mass is 164 g/mol. The second-order valence-electron chi connectivity index (χ2n) is 3.54. The minimum Gasteiger partial charge on any atom is -0.385 e. The van der Waals surface area contributed by atoms with Crippen LogP contribution in [-0.4, -0.2) is 10.7 Å². The molecule has 0 aromatic rings. The summed E-state index contributed by atoms with van der Waals surface area (Å²) in [6, 6.07) is 0. The van der Waals surface area contributed by atoms with Crippen molar-refractivity contribution in [3.63, 3.8) is 0 Å². The Morgan fingerprint density at radius 2 is 2.42 bits per heavy atom. The van der Waals surface area contributed by atoms with Crippen molar-refractivity contribution in [3.8, 4) is 0 Å². The number of aliphatic hydroxyl groups is 1. The predicted octanol–water partition coefficient (Wildman–Crippen LogP) is 2.45. The maximum absolute atomic E-state index is 9.88. The normalized spacial score (nSPS) is 34.6. The zero-order valence-electron chi connectivity index (χ0n) is 7.75. The molecule has 0 aliphatic heterocycles. The van der Waals surface area contributed by atoms with Crippen LogP contribution in [0.3, 0.4) is 0 Å². The quantitative estimate of drug-likeness (QED) is 0.621. The predicted molar refractivity (Wildman–Crippen MR) is 51.8 cm³/mol. The average Bonchev–Trinajstić information content (AvgIpc) is 1.99. The van der Waals surface area contributed by atoms with Gasteiger partial charge < -0.3 is 5.11 Å². The summed E-state index contributed by atoms with van der Waals surface area (Å²) in [6.07, 6.45) is 8.55. The van der Waals surface area contributed by atoms with E-state index in [1.807, 2.05) is 32.1 Å². The molecule has 0 saturated heterocycles. The maximum Gasteiger partial charge on any atom is 0.0865 e. The molecule has 66 valence electrons. The Hall–Kier alpha value is -0.820. The third-order valence-corrected chi connectivity index (χ3v) is 2.56. The minimum absolute atomic E-state index is 0.195. The summed E-state index contributed by atoms with van der Waals surface area (Å²) in [5.74, 6) is 0.195. The minimum atomic E-state index is -0.687. The van der Waals surface area contributed by atoms with Gasteiger partial charge in [0.05, 0.1) is 5.60 Å². The lowest BCUT2D eigenvalue weighted by Gasteiger charge is -2.31. The highest BCUT2D eigenvalue weighted by Crippen LogP contribution is 2.31. The summed E-state index contributed by atoms with van der Waals surface area (Å²) in [7, 11) is 0. The third-order valence-electron chi connectivity index (χ3n) is 2.56. The van der Waals surface area contributed by atoms with E-state index >= 15 is 0 Å². The maximum atomic E-state index is 9.88. The van der Waals surface area contributed by atoms with Crippen LogP contribution >= 0.6 is 0 Å². The molecule has 0 aromatic carbocycles. The molecule has 12 heavy (non-hydrogen) atoms. The molecule has 1 aliphatic rings. The Morgan fingerprint density at radius 3 is 3.00 bits per heavy atom. The standard InChI is InChI=1S/C11H16O/c1-4-6-10-7-5-8-11(3,12)9(10)2/h4-5,7-9,12H,1,6H2,2-3H3. The lowest BCUT2D eigenvalue weighted by Crippen LogP contribution is -2.33. The number of hydrogen-bond donors (Lipinski definition) is 1. The van der Waals surface area contributed by atoms with E-state index in [0.717, 1.165) is 6.42 Å². The van der Waals surface area contributed by atoms with Crippen LogP contribution < -0.4 is 0 Å². The van der Waals surface area contributed by atoms with Gasteiger partial charge in [0.25, 0.3) is 0 Å². The molecule has 0 spiro atoms. The van der Waals surface area contributed by atoms with E-state index in [9.17, 15) is 5.11 Å². The second kappa shape index (κ2) is 3.28. The highest BCUT2D eigenvalue weighted by Gasteiger charge is 2.29. The molecule has 0 fully saturated rings. The van der Waals surface area contributed by atoms with E-state index in [1.54, 1.807) is 0 Å². The van der Waals surface area contributed by atoms with Crippen LogP contribution in [0.15, 0.2) is 36.5 Å². The van der Waals surface area contributed by atoms with Gasteiger partial charge in [-0.25, -0.2) is 0 Å². The first-order chi connectivity index (χ1) is 5.58. The van der Waals surface area contributed by atoms with Crippen molar-refractivity contribution in [1.29, 1.82) is 0 Å². The molecule has 1 rings (SSSR count). The number of hydrogen-bond acceptors (Lipinski definition) is 1. The fourth-order valence-corrected chi connectivity index (χ4v) is 1.44. The molecule has 1 nitrogen and oxygen atoms in total. The smallest absolute Gasteiger partial charge is 0.0865 e. The van der Waals surface area contributed by atoms with Crippen LogP contribution in [0.2, 0.25) is 0 Å². The van der Waals surface area contributed by atoms with E-state index in [2.05, 4.69) is 12.7 Å². The lowest BCUT2D eigenvalue weighted by molar-refractivity contribution is 0.0673. The van der Waals surface area contributed by atoms with Gasteiger partial charge in [-0.1, -0.05) is 36.8 Å². The molecule has 2 atom stereocenters. The largest absolute Gasteiger partial charge is 0.385 e. The molecular formula is C11H16O. The molecule has 1 N–H and O–H groups in total. The van der Waals surface area contributed by atoms with Gasteiger partial charge >= 0.3 is 0 Å². The summed E-state index contributed by atoms with van der Waals surface area (Å²) >= 11 is 0. The molecule has 0 amide bonds. The Bertz CT molecular complexity index is 233. The second-order valence-corrected chi connectivity index (χ2v) is 3.54. The lowest BCUT2D eigenvalue weighted by atomic mass is 9.80. The summed E-state index contributed by atoms with van der Waals surface area (Å²) in [6.45, 7) is 7.57. The summed E-state index contributed by atoms with van der Waals surface area (Å²) in [5.41, 5.74) is 0.560. The fourth-order valence-electron chi connectivity index (χ4n) is 1.44. The molecule has 0 bridgehead atoms. The molecule has 0 saturated carbocycles. The van der Waals surface area contributed by atoms with Crippen LogP contribution in [0, 0.1) is 5.92 Å². The highest BCUT2D eigenvalue weighted by molar-refractivity contribution is 5.28. The van der Waals surface area contributed by atoms with Gasteiger partial charge in [-0.05, 0) is 13.3 Å². The van der Waals surface area contributed by atoms with Gasteiger partial charge in [-0.15, -0.1) is 6.58 Å². The molecule has 0 radical (unpaired) electrons. The van der Waals surface area contributed by atoms with Crippen molar-refractivity contribution in [2.75, 3.05) is 0 Å². The van der Waals surface area contributed by atoms with Crippen molar-refractivity contribution in [2.24, 2.45) is 5.92 Å². The zero-order chi connectivity index (χ0) is 9.19. The topological polar surface area (TPSA) is 20.2 Å². The van der Waals surface area contributed by atoms with Crippen LogP contribution in [0.1, 0.15) is 20.3 Å². The van der Waals surface area contributed by atoms with Gasteiger partial charge in [0.1, 0.15) is 0 Å². The summed E-state index contributed by atoms with van der Waals surface area (Å²) < 4.78 is 0. The summed E-state index contributed by atoms with van der Waals surface area (Å²) in [4.78, 5) is 0. The van der Waals surface area contributed by atoms with Gasteiger partial charge in [0.2, 0.25) is 0 Å². The molecule has 1 aliphatic carbocycles. The Labute approximate surface area is 74.1 Å². The van der Waals surface area contributed by atoms with E-state index in [4.69, 9.17) is 0 Å². The van der Waals surface area contributed by atoms with Crippen LogP contribution in [0.4, 0.5) is 0 Å². The van der Waals surface area contributed by atoms with Crippen molar-refractivity contribution >= 4 is 0 Å². The molecule has 2 unspecified atom stereocenters. The zero-order valence-corrected chi connectivity index (χ0v) is 7.75. The average molecular weight is 164 g/mol.